The van der Waals surface area contributed by atoms with Crippen LogP contribution in [0.15, 0.2) is 18.5 Å². The summed E-state index contributed by atoms with van der Waals surface area (Å²) in [7, 11) is 0. The number of hydrogen-bond acceptors (Lipinski definition) is 6. The Morgan fingerprint density at radius 1 is 1.07 bits per heavy atom. The highest BCUT2D eigenvalue weighted by Gasteiger charge is 2.35. The average Bonchev–Trinajstić information content (AvgIpc) is 3.23. The summed E-state index contributed by atoms with van der Waals surface area (Å²) >= 11 is 0. The maximum absolute atomic E-state index is 4.54. The Balaban J connectivity index is 1.49. The van der Waals surface area contributed by atoms with Crippen molar-refractivity contribution in [3.05, 3.63) is 24.3 Å². The van der Waals surface area contributed by atoms with Crippen molar-refractivity contribution in [3.8, 4) is 0 Å². The first-order valence-corrected chi connectivity index (χ1v) is 10.9. The Kier molecular flexibility index (Phi) is 6.14. The van der Waals surface area contributed by atoms with Gasteiger partial charge in [-0.2, -0.15) is 0 Å². The summed E-state index contributed by atoms with van der Waals surface area (Å²) in [5, 5.41) is 13.1. The van der Waals surface area contributed by atoms with Gasteiger partial charge in [0.25, 0.3) is 0 Å². The second-order valence-electron chi connectivity index (χ2n) is 8.65. The van der Waals surface area contributed by atoms with E-state index in [1.807, 2.05) is 18.5 Å². The van der Waals surface area contributed by atoms with Gasteiger partial charge in [-0.15, -0.1) is 5.10 Å². The lowest BCUT2D eigenvalue weighted by atomic mass is 9.94. The summed E-state index contributed by atoms with van der Waals surface area (Å²) in [4.78, 5) is 12.7. The van der Waals surface area contributed by atoms with Gasteiger partial charge in [-0.3, -0.25) is 0 Å². The van der Waals surface area contributed by atoms with E-state index in [9.17, 15) is 0 Å². The van der Waals surface area contributed by atoms with Gasteiger partial charge < -0.3 is 9.80 Å². The van der Waals surface area contributed by atoms with E-state index in [0.29, 0.717) is 18.0 Å². The van der Waals surface area contributed by atoms with E-state index >= 15 is 0 Å². The Morgan fingerprint density at radius 3 is 2.46 bits per heavy atom. The average molecular weight is 386 g/mol. The summed E-state index contributed by atoms with van der Waals surface area (Å²) in [5.41, 5.74) is 0. The molecule has 0 unspecified atom stereocenters. The normalized spacial score (nSPS) is 20.6. The first kappa shape index (κ1) is 19.2. The molecule has 28 heavy (non-hydrogen) atoms. The molecule has 0 amide bonds. The van der Waals surface area contributed by atoms with Gasteiger partial charge in [-0.25, -0.2) is 14.6 Å². The molecule has 1 N–H and O–H groups in total. The third-order valence-corrected chi connectivity index (χ3v) is 6.19. The van der Waals surface area contributed by atoms with Gasteiger partial charge in [0.1, 0.15) is 6.04 Å². The number of hydrogen-bond donors (Lipinski definition) is 1. The summed E-state index contributed by atoms with van der Waals surface area (Å²) in [6.45, 7) is 8.67. The molecule has 3 heterocycles. The molecule has 1 saturated carbocycles. The summed E-state index contributed by atoms with van der Waals surface area (Å²) in [6, 6.07) is 2.71. The fourth-order valence-electron chi connectivity index (χ4n) is 4.74. The van der Waals surface area contributed by atoms with Crippen LogP contribution in [-0.2, 0) is 0 Å². The molecule has 0 aromatic carbocycles. The van der Waals surface area contributed by atoms with Crippen LogP contribution in [-0.4, -0.2) is 56.4 Å². The van der Waals surface area contributed by atoms with Crippen LogP contribution >= 0.6 is 0 Å². The minimum Gasteiger partial charge on any atom is -0.330 e. The van der Waals surface area contributed by atoms with Gasteiger partial charge in [0, 0.05) is 18.8 Å². The van der Waals surface area contributed by atoms with Crippen LogP contribution in [0.1, 0.15) is 70.3 Å². The van der Waals surface area contributed by atoms with Gasteiger partial charge in [0.05, 0.1) is 32.2 Å². The molecule has 2 aromatic rings. The highest BCUT2D eigenvalue weighted by Crippen LogP contribution is 2.29. The lowest BCUT2D eigenvalue weighted by Crippen LogP contribution is -3.15. The van der Waals surface area contributed by atoms with Crippen LogP contribution in [0, 0.1) is 5.92 Å². The smallest absolute Gasteiger partial charge is 0.225 e. The van der Waals surface area contributed by atoms with Gasteiger partial charge in [-0.1, -0.05) is 33.1 Å². The first-order valence-electron chi connectivity index (χ1n) is 10.9. The maximum Gasteiger partial charge on any atom is 0.225 e. The molecule has 8 heteroatoms. The van der Waals surface area contributed by atoms with Crippen molar-refractivity contribution in [3.63, 3.8) is 0 Å². The molecule has 1 saturated heterocycles. The Morgan fingerprint density at radius 2 is 1.79 bits per heavy atom. The molecular formula is C20H33N8+. The molecule has 0 radical (unpaired) electrons. The molecule has 8 nitrogen and oxygen atoms in total. The third-order valence-electron chi connectivity index (χ3n) is 6.19. The largest absolute Gasteiger partial charge is 0.330 e. The minimum atomic E-state index is 0.357. The maximum atomic E-state index is 4.54. The lowest BCUT2D eigenvalue weighted by molar-refractivity contribution is -0.934. The number of quaternary nitrogens is 1. The number of tetrazole rings is 1. The number of rotatable bonds is 6. The van der Waals surface area contributed by atoms with Gasteiger partial charge in [-0.05, 0) is 35.3 Å². The van der Waals surface area contributed by atoms with Crippen molar-refractivity contribution >= 4 is 5.95 Å². The summed E-state index contributed by atoms with van der Waals surface area (Å²) in [5.74, 6) is 2.55. The first-order chi connectivity index (χ1) is 13.7. The number of nitrogens with one attached hydrogen (secondary N) is 1. The number of aromatic nitrogens is 6. The molecule has 1 atom stereocenters. The van der Waals surface area contributed by atoms with E-state index in [0.717, 1.165) is 44.4 Å². The molecule has 2 aromatic heterocycles. The highest BCUT2D eigenvalue weighted by molar-refractivity contribution is 5.28. The monoisotopic (exact) mass is 385 g/mol. The van der Waals surface area contributed by atoms with Crippen molar-refractivity contribution in [1.82, 2.24) is 30.2 Å². The number of nitrogens with zero attached hydrogens (tertiary/aromatic N) is 7. The predicted molar refractivity (Wildman–Crippen MR) is 107 cm³/mol. The van der Waals surface area contributed by atoms with Crippen molar-refractivity contribution in [2.75, 3.05) is 31.1 Å². The van der Waals surface area contributed by atoms with E-state index in [2.05, 4.69) is 48.9 Å². The molecule has 152 valence electrons. The van der Waals surface area contributed by atoms with E-state index in [-0.39, 0.29) is 0 Å². The molecule has 2 fully saturated rings. The van der Waals surface area contributed by atoms with E-state index < -0.39 is 0 Å². The van der Waals surface area contributed by atoms with Crippen LogP contribution in [0.25, 0.3) is 0 Å². The Bertz CT molecular complexity index is 717. The predicted octanol–water partition coefficient (Wildman–Crippen LogP) is 1.46. The van der Waals surface area contributed by atoms with Crippen LogP contribution in [0.2, 0.25) is 0 Å². The standard InChI is InChI=1S/C20H32N8/c1-16(2)15-18(19-23-24-25-28(19)17-7-4-3-5-8-17)26-11-13-27(14-12-26)20-21-9-6-10-22-20/h6,9-10,16-18H,3-5,7-8,11-15H2,1-2H3/p+1/t18-/m1/s1. The van der Waals surface area contributed by atoms with Crippen LogP contribution in [0.3, 0.4) is 0 Å². The third kappa shape index (κ3) is 4.32. The Labute approximate surface area is 167 Å². The quantitative estimate of drug-likeness (QED) is 0.811. The minimum absolute atomic E-state index is 0.357. The zero-order chi connectivity index (χ0) is 19.3. The molecular weight excluding hydrogens is 352 g/mol. The second kappa shape index (κ2) is 8.94. The van der Waals surface area contributed by atoms with E-state index in [1.54, 1.807) is 4.90 Å². The molecule has 1 aliphatic heterocycles. The van der Waals surface area contributed by atoms with Crippen LogP contribution in [0.5, 0.6) is 0 Å². The molecule has 2 aliphatic rings. The molecule has 0 bridgehead atoms. The van der Waals surface area contributed by atoms with Gasteiger partial charge in [0.15, 0.2) is 0 Å². The highest BCUT2D eigenvalue weighted by atomic mass is 15.6. The van der Waals surface area contributed by atoms with Crippen molar-refractivity contribution < 1.29 is 4.90 Å². The van der Waals surface area contributed by atoms with Crippen LogP contribution < -0.4 is 9.80 Å². The zero-order valence-electron chi connectivity index (χ0n) is 17.2. The van der Waals surface area contributed by atoms with Gasteiger partial charge >= 0.3 is 0 Å². The van der Waals surface area contributed by atoms with Crippen molar-refractivity contribution in [2.45, 2.75) is 64.5 Å². The van der Waals surface area contributed by atoms with E-state index in [1.165, 1.54) is 32.1 Å². The topological polar surface area (TPSA) is 77.1 Å². The molecule has 0 spiro atoms. The zero-order valence-corrected chi connectivity index (χ0v) is 17.2. The number of piperazine rings is 1. The van der Waals surface area contributed by atoms with Crippen molar-refractivity contribution in [2.24, 2.45) is 5.92 Å². The lowest BCUT2D eigenvalue weighted by Gasteiger charge is -2.37. The van der Waals surface area contributed by atoms with E-state index in [4.69, 9.17) is 0 Å². The van der Waals surface area contributed by atoms with Crippen LogP contribution in [0.4, 0.5) is 5.95 Å². The second-order valence-corrected chi connectivity index (χ2v) is 8.65. The SMILES string of the molecule is CC(C)C[C@H](c1nnnn1C1CCCCC1)[NH+]1CCN(c2ncccn2)CC1. The fourth-order valence-corrected chi connectivity index (χ4v) is 4.74. The Hall–Kier alpha value is -2.09. The fraction of sp³-hybridized carbons (Fsp3) is 0.750. The van der Waals surface area contributed by atoms with Crippen molar-refractivity contribution in [1.29, 1.82) is 0 Å². The summed E-state index contributed by atoms with van der Waals surface area (Å²) < 4.78 is 2.17. The molecule has 1 aliphatic carbocycles. The van der Waals surface area contributed by atoms with Gasteiger partial charge in [0.2, 0.25) is 11.8 Å². The number of anilines is 1. The summed E-state index contributed by atoms with van der Waals surface area (Å²) in [6.07, 6.45) is 11.1. The molecule has 4 rings (SSSR count).